The number of hydrogen-bond donors (Lipinski definition) is 1. The molecule has 0 bridgehead atoms. The molecule has 0 aliphatic carbocycles. The summed E-state index contributed by atoms with van der Waals surface area (Å²) in [7, 11) is 2.04. The van der Waals surface area contributed by atoms with Gasteiger partial charge < -0.3 is 19.7 Å². The van der Waals surface area contributed by atoms with E-state index in [2.05, 4.69) is 10.2 Å². The Morgan fingerprint density at radius 3 is 2.81 bits per heavy atom. The molecule has 3 rings (SSSR count). The van der Waals surface area contributed by atoms with E-state index in [1.807, 2.05) is 38.2 Å². The fraction of sp³-hybridized carbons (Fsp3) is 0.400. The Bertz CT molecular complexity index is 847. The summed E-state index contributed by atoms with van der Waals surface area (Å²) in [5.41, 5.74) is 2.45. The molecule has 0 fully saturated rings. The number of esters is 1. The fourth-order valence-electron chi connectivity index (χ4n) is 3.06. The molecule has 1 aliphatic rings. The standard InChI is InChI=1S/C20H24N2O4S/c1-4-25-20(24)18-14-9-10-22(3)11-16(14)27-19(18)21-17(23)12-26-15-8-6-5-7-13(15)2/h5-8H,4,9-12H2,1-3H3,(H,21,23). The number of nitrogens with one attached hydrogen (secondary N) is 1. The van der Waals surface area contributed by atoms with Gasteiger partial charge in [-0.3, -0.25) is 4.79 Å². The number of anilines is 1. The van der Waals surface area contributed by atoms with Gasteiger partial charge in [0.1, 0.15) is 10.8 Å². The Morgan fingerprint density at radius 1 is 1.30 bits per heavy atom. The number of rotatable bonds is 6. The number of ether oxygens (including phenoxy) is 2. The van der Waals surface area contributed by atoms with E-state index in [9.17, 15) is 9.59 Å². The number of thiophene rings is 1. The summed E-state index contributed by atoms with van der Waals surface area (Å²) in [5, 5.41) is 3.40. The molecule has 2 heterocycles. The Morgan fingerprint density at radius 2 is 2.07 bits per heavy atom. The maximum absolute atomic E-state index is 12.5. The lowest BCUT2D eigenvalue weighted by Crippen LogP contribution is -2.26. The van der Waals surface area contributed by atoms with Gasteiger partial charge in [-0.25, -0.2) is 4.79 Å². The number of hydrogen-bond acceptors (Lipinski definition) is 6. The maximum atomic E-state index is 12.5. The monoisotopic (exact) mass is 388 g/mol. The third-order valence-electron chi connectivity index (χ3n) is 4.43. The molecule has 27 heavy (non-hydrogen) atoms. The lowest BCUT2D eigenvalue weighted by atomic mass is 10.0. The van der Waals surface area contributed by atoms with Gasteiger partial charge >= 0.3 is 5.97 Å². The highest BCUT2D eigenvalue weighted by Crippen LogP contribution is 2.37. The second-order valence-corrected chi connectivity index (χ2v) is 7.62. The highest BCUT2D eigenvalue weighted by atomic mass is 32.1. The highest BCUT2D eigenvalue weighted by molar-refractivity contribution is 7.17. The quantitative estimate of drug-likeness (QED) is 0.770. The minimum absolute atomic E-state index is 0.115. The molecule has 1 aliphatic heterocycles. The van der Waals surface area contributed by atoms with Gasteiger partial charge in [0.15, 0.2) is 6.61 Å². The van der Waals surface area contributed by atoms with Gasteiger partial charge in [0.2, 0.25) is 0 Å². The van der Waals surface area contributed by atoms with Crippen molar-refractivity contribution < 1.29 is 19.1 Å². The van der Waals surface area contributed by atoms with Crippen LogP contribution in [0.5, 0.6) is 5.75 Å². The molecule has 2 aromatic rings. The first kappa shape index (κ1) is 19.4. The first-order valence-corrected chi connectivity index (χ1v) is 9.79. The summed E-state index contributed by atoms with van der Waals surface area (Å²) in [4.78, 5) is 28.2. The second kappa shape index (κ2) is 8.54. The largest absolute Gasteiger partial charge is 0.483 e. The highest BCUT2D eigenvalue weighted by Gasteiger charge is 2.28. The molecule has 0 unspecified atom stereocenters. The number of likely N-dealkylation sites (N-methyl/N-ethyl adjacent to an activating group) is 1. The number of benzene rings is 1. The van der Waals surface area contributed by atoms with Crippen LogP contribution in [0.3, 0.4) is 0 Å². The van der Waals surface area contributed by atoms with Crippen molar-refractivity contribution in [2.24, 2.45) is 0 Å². The van der Waals surface area contributed by atoms with E-state index in [1.165, 1.54) is 11.3 Å². The molecular formula is C20H24N2O4S. The Hall–Kier alpha value is -2.38. The predicted molar refractivity (Wildman–Crippen MR) is 106 cm³/mol. The van der Waals surface area contributed by atoms with Gasteiger partial charge in [0.05, 0.1) is 12.2 Å². The van der Waals surface area contributed by atoms with Gasteiger partial charge in [-0.1, -0.05) is 18.2 Å². The van der Waals surface area contributed by atoms with Crippen LogP contribution in [0.1, 0.15) is 33.3 Å². The number of carbonyl (C=O) groups excluding carboxylic acids is 2. The predicted octanol–water partition coefficient (Wildman–Crippen LogP) is 3.24. The number of amides is 1. The third-order valence-corrected chi connectivity index (χ3v) is 5.56. The van der Waals surface area contributed by atoms with Gasteiger partial charge in [0, 0.05) is 18.0 Å². The number of fused-ring (bicyclic) bond motifs is 1. The van der Waals surface area contributed by atoms with E-state index >= 15 is 0 Å². The fourth-order valence-corrected chi connectivity index (χ4v) is 4.39. The molecule has 1 N–H and O–H groups in total. The number of carbonyl (C=O) groups is 2. The van der Waals surface area contributed by atoms with Crippen molar-refractivity contribution in [3.8, 4) is 5.75 Å². The van der Waals surface area contributed by atoms with Crippen LogP contribution in [0.15, 0.2) is 24.3 Å². The first-order chi connectivity index (χ1) is 13.0. The molecule has 144 valence electrons. The van der Waals surface area contributed by atoms with Crippen LogP contribution in [0.25, 0.3) is 0 Å². The van der Waals surface area contributed by atoms with Crippen LogP contribution in [0, 0.1) is 6.92 Å². The first-order valence-electron chi connectivity index (χ1n) is 8.98. The Balaban J connectivity index is 1.76. The molecule has 1 aromatic heterocycles. The topological polar surface area (TPSA) is 67.9 Å². The molecular weight excluding hydrogens is 364 g/mol. The average molecular weight is 388 g/mol. The van der Waals surface area contributed by atoms with Gasteiger partial charge in [-0.2, -0.15) is 0 Å². The van der Waals surface area contributed by atoms with Gasteiger partial charge in [-0.15, -0.1) is 11.3 Å². The van der Waals surface area contributed by atoms with E-state index in [0.29, 0.717) is 22.9 Å². The summed E-state index contributed by atoms with van der Waals surface area (Å²) in [6, 6.07) is 7.53. The van der Waals surface area contributed by atoms with Crippen LogP contribution in [0.2, 0.25) is 0 Å². The normalized spacial score (nSPS) is 13.7. The SMILES string of the molecule is CCOC(=O)c1c(NC(=O)COc2ccccc2C)sc2c1CCN(C)C2. The zero-order valence-corrected chi connectivity index (χ0v) is 16.6. The van der Waals surface area contributed by atoms with E-state index in [1.54, 1.807) is 6.92 Å². The molecule has 0 saturated heterocycles. The van der Waals surface area contributed by atoms with Crippen molar-refractivity contribution in [1.82, 2.24) is 4.90 Å². The zero-order valence-electron chi connectivity index (χ0n) is 15.8. The Kier molecular flexibility index (Phi) is 6.13. The van der Waals surface area contributed by atoms with Crippen LogP contribution in [-0.2, 0) is 22.5 Å². The van der Waals surface area contributed by atoms with Crippen molar-refractivity contribution in [2.75, 3.05) is 32.1 Å². The molecule has 0 saturated carbocycles. The molecule has 0 radical (unpaired) electrons. The number of aryl methyl sites for hydroxylation is 1. The van der Waals surface area contributed by atoms with Crippen LogP contribution in [0.4, 0.5) is 5.00 Å². The van der Waals surface area contributed by atoms with E-state index < -0.39 is 0 Å². The van der Waals surface area contributed by atoms with E-state index in [-0.39, 0.29) is 18.5 Å². The van der Waals surface area contributed by atoms with Gasteiger partial charge in [-0.05, 0) is 44.5 Å². The van der Waals surface area contributed by atoms with Crippen LogP contribution < -0.4 is 10.1 Å². The molecule has 1 aromatic carbocycles. The van der Waals surface area contributed by atoms with Crippen molar-refractivity contribution in [3.63, 3.8) is 0 Å². The summed E-state index contributed by atoms with van der Waals surface area (Å²) in [5.74, 6) is -0.00390. The molecule has 0 atom stereocenters. The molecule has 7 heteroatoms. The van der Waals surface area contributed by atoms with E-state index in [0.717, 1.165) is 35.5 Å². The summed E-state index contributed by atoms with van der Waals surface area (Å²) in [6.45, 7) is 5.53. The maximum Gasteiger partial charge on any atom is 0.341 e. The van der Waals surface area contributed by atoms with Crippen LogP contribution in [-0.4, -0.2) is 43.6 Å². The molecule has 6 nitrogen and oxygen atoms in total. The minimum atomic E-state index is -0.380. The average Bonchev–Trinajstić information content (AvgIpc) is 2.98. The lowest BCUT2D eigenvalue weighted by Gasteiger charge is -2.22. The van der Waals surface area contributed by atoms with Crippen molar-refractivity contribution in [1.29, 1.82) is 0 Å². The third kappa shape index (κ3) is 4.48. The number of para-hydroxylation sites is 1. The van der Waals surface area contributed by atoms with Crippen LogP contribution >= 0.6 is 11.3 Å². The summed E-state index contributed by atoms with van der Waals surface area (Å²) >= 11 is 1.44. The minimum Gasteiger partial charge on any atom is -0.483 e. The van der Waals surface area contributed by atoms with Crippen molar-refractivity contribution in [2.45, 2.75) is 26.8 Å². The Labute approximate surface area is 163 Å². The van der Waals surface area contributed by atoms with Crippen molar-refractivity contribution >= 4 is 28.2 Å². The lowest BCUT2D eigenvalue weighted by molar-refractivity contribution is -0.118. The molecule has 1 amide bonds. The summed E-state index contributed by atoms with van der Waals surface area (Å²) < 4.78 is 10.8. The summed E-state index contributed by atoms with van der Waals surface area (Å²) in [6.07, 6.45) is 0.770. The smallest absolute Gasteiger partial charge is 0.341 e. The van der Waals surface area contributed by atoms with E-state index in [4.69, 9.17) is 9.47 Å². The van der Waals surface area contributed by atoms with Gasteiger partial charge in [0.25, 0.3) is 5.91 Å². The molecule has 0 spiro atoms. The second-order valence-electron chi connectivity index (χ2n) is 6.52. The zero-order chi connectivity index (χ0) is 19.4. The van der Waals surface area contributed by atoms with Crippen molar-refractivity contribution in [3.05, 3.63) is 45.8 Å². The number of nitrogens with zero attached hydrogens (tertiary/aromatic N) is 1.